The summed E-state index contributed by atoms with van der Waals surface area (Å²) in [6, 6.07) is 0. The van der Waals surface area contributed by atoms with Gasteiger partial charge in [0, 0.05) is 21.3 Å². The van der Waals surface area contributed by atoms with Gasteiger partial charge >= 0.3 is 15.2 Å². The van der Waals surface area contributed by atoms with Crippen molar-refractivity contribution in [1.29, 1.82) is 0 Å². The predicted molar refractivity (Wildman–Crippen MR) is 45.7 cm³/mol. The molecule has 1 rings (SSSR count). The van der Waals surface area contributed by atoms with Crippen molar-refractivity contribution < 1.29 is 22.3 Å². The molecule has 5 nitrogen and oxygen atoms in total. The van der Waals surface area contributed by atoms with E-state index in [1.54, 1.807) is 40.2 Å². The van der Waals surface area contributed by atoms with E-state index in [0.717, 1.165) is 0 Å². The van der Waals surface area contributed by atoms with Gasteiger partial charge in [0.1, 0.15) is 0 Å². The molecule has 0 spiro atoms. The first-order chi connectivity index (χ1) is 6.26. The molecule has 0 saturated heterocycles. The fourth-order valence-corrected chi connectivity index (χ4v) is 2.53. The lowest BCUT2D eigenvalue weighted by atomic mass is 10.9. The zero-order valence-electron chi connectivity index (χ0n) is 8.02. The summed E-state index contributed by atoms with van der Waals surface area (Å²) in [5.41, 5.74) is 0. The van der Waals surface area contributed by atoms with Crippen molar-refractivity contribution in [2.24, 2.45) is 0 Å². The summed E-state index contributed by atoms with van der Waals surface area (Å²) in [5, 5.41) is 0. The van der Waals surface area contributed by atoms with Crippen LogP contribution >= 0.6 is 0 Å². The van der Waals surface area contributed by atoms with Crippen molar-refractivity contribution in [3.8, 4) is 0 Å². The van der Waals surface area contributed by atoms with Crippen LogP contribution in [0.1, 0.15) is 0 Å². The van der Waals surface area contributed by atoms with E-state index in [1.165, 1.54) is 0 Å². The Labute approximate surface area is 78.2 Å². The van der Waals surface area contributed by atoms with Gasteiger partial charge in [-0.25, -0.2) is 0 Å². The standard InChI is InChI=1S/C7H14NO4Si/c1-9-13(10-2,11-3)7-8-4-5-12-6-8/h4-6H,7H2,1-3H3/q+1. The molecule has 6 heteroatoms. The zero-order valence-corrected chi connectivity index (χ0v) is 9.02. The lowest BCUT2D eigenvalue weighted by Gasteiger charge is -2.20. The Morgan fingerprint density at radius 2 is 1.85 bits per heavy atom. The molecule has 0 unspecified atom stereocenters. The Bertz CT molecular complexity index is 226. The number of nitrogens with zero attached hydrogens (tertiary/aromatic N) is 1. The third-order valence-corrected chi connectivity index (χ3v) is 4.45. The third-order valence-electron chi connectivity index (χ3n) is 1.84. The van der Waals surface area contributed by atoms with E-state index >= 15 is 0 Å². The molecule has 0 amide bonds. The summed E-state index contributed by atoms with van der Waals surface area (Å²) >= 11 is 0. The highest BCUT2D eigenvalue weighted by Gasteiger charge is 2.43. The molecule has 0 aliphatic rings. The Balaban J connectivity index is 2.67. The van der Waals surface area contributed by atoms with Crippen LogP contribution in [-0.4, -0.2) is 30.1 Å². The summed E-state index contributed by atoms with van der Waals surface area (Å²) in [5.74, 6) is 0. The fourth-order valence-electron chi connectivity index (χ4n) is 1.02. The third kappa shape index (κ3) is 2.38. The largest absolute Gasteiger partial charge is 0.569 e. The Kier molecular flexibility index (Phi) is 3.61. The molecule has 74 valence electrons. The topological polar surface area (TPSA) is 44.7 Å². The highest BCUT2D eigenvalue weighted by Crippen LogP contribution is 2.05. The smallest absolute Gasteiger partial charge is 0.412 e. The van der Waals surface area contributed by atoms with Crippen LogP contribution in [0.3, 0.4) is 0 Å². The van der Waals surface area contributed by atoms with Gasteiger partial charge in [0.05, 0.1) is 0 Å². The van der Waals surface area contributed by atoms with E-state index in [-0.39, 0.29) is 0 Å². The van der Waals surface area contributed by atoms with Crippen LogP contribution in [0.2, 0.25) is 0 Å². The second kappa shape index (κ2) is 4.52. The van der Waals surface area contributed by atoms with Gasteiger partial charge in [0.25, 0.3) is 0 Å². The first-order valence-electron chi connectivity index (χ1n) is 3.83. The average Bonchev–Trinajstić information content (AvgIpc) is 2.67. The van der Waals surface area contributed by atoms with Crippen molar-refractivity contribution in [2.75, 3.05) is 21.3 Å². The highest BCUT2D eigenvalue weighted by molar-refractivity contribution is 6.58. The molecule has 0 radical (unpaired) electrons. The number of hydrogen-bond donors (Lipinski definition) is 0. The quantitative estimate of drug-likeness (QED) is 0.499. The molecule has 0 aliphatic heterocycles. The monoisotopic (exact) mass is 204 g/mol. The van der Waals surface area contributed by atoms with Gasteiger partial charge in [-0.15, -0.1) is 0 Å². The number of rotatable bonds is 5. The number of oxazole rings is 1. The van der Waals surface area contributed by atoms with Crippen LogP contribution in [0, 0.1) is 0 Å². The highest BCUT2D eigenvalue weighted by atomic mass is 28.4. The van der Waals surface area contributed by atoms with E-state index < -0.39 is 8.80 Å². The lowest BCUT2D eigenvalue weighted by molar-refractivity contribution is -0.688. The van der Waals surface area contributed by atoms with Crippen molar-refractivity contribution in [2.45, 2.75) is 6.17 Å². The van der Waals surface area contributed by atoms with E-state index in [2.05, 4.69) is 0 Å². The molecule has 0 N–H and O–H groups in total. The maximum atomic E-state index is 5.24. The molecule has 0 saturated carbocycles. The Morgan fingerprint density at radius 1 is 1.23 bits per heavy atom. The molecule has 0 atom stereocenters. The molecule has 1 aromatic rings. The summed E-state index contributed by atoms with van der Waals surface area (Å²) < 4.78 is 22.5. The van der Waals surface area contributed by atoms with Crippen molar-refractivity contribution in [3.63, 3.8) is 0 Å². The minimum atomic E-state index is -2.52. The van der Waals surface area contributed by atoms with Crippen molar-refractivity contribution in [1.82, 2.24) is 0 Å². The summed E-state index contributed by atoms with van der Waals surface area (Å²) in [6.45, 7) is 0. The van der Waals surface area contributed by atoms with E-state index in [9.17, 15) is 0 Å². The van der Waals surface area contributed by atoms with Gasteiger partial charge in [-0.3, -0.25) is 0 Å². The fraction of sp³-hybridized carbons (Fsp3) is 0.571. The van der Waals surface area contributed by atoms with Crippen LogP contribution in [0.4, 0.5) is 0 Å². The molecule has 1 heterocycles. The Morgan fingerprint density at radius 3 is 2.23 bits per heavy atom. The maximum Gasteiger partial charge on any atom is 0.569 e. The van der Waals surface area contributed by atoms with Gasteiger partial charge in [-0.05, 0) is 0 Å². The van der Waals surface area contributed by atoms with E-state index in [4.69, 9.17) is 17.7 Å². The SMILES string of the molecule is CO[Si](C[n+]1ccoc1)(OC)OC. The van der Waals surface area contributed by atoms with Crippen molar-refractivity contribution in [3.05, 3.63) is 18.9 Å². The summed E-state index contributed by atoms with van der Waals surface area (Å²) in [4.78, 5) is 0. The first-order valence-corrected chi connectivity index (χ1v) is 5.76. The van der Waals surface area contributed by atoms with Gasteiger partial charge in [-0.1, -0.05) is 0 Å². The van der Waals surface area contributed by atoms with Gasteiger partial charge in [0.2, 0.25) is 12.4 Å². The summed E-state index contributed by atoms with van der Waals surface area (Å²) in [6.07, 6.45) is 5.50. The minimum absolute atomic E-state index is 0.549. The molecule has 1 aromatic heterocycles. The maximum absolute atomic E-state index is 5.24. The number of aromatic nitrogens is 1. The Hall–Kier alpha value is -0.693. The van der Waals surface area contributed by atoms with Gasteiger partial charge in [0.15, 0.2) is 6.26 Å². The molecular weight excluding hydrogens is 190 g/mol. The van der Waals surface area contributed by atoms with E-state index in [1.807, 2.05) is 4.57 Å². The van der Waals surface area contributed by atoms with Crippen molar-refractivity contribution >= 4 is 8.80 Å². The van der Waals surface area contributed by atoms with Crippen LogP contribution in [-0.2, 0) is 19.4 Å². The lowest BCUT2D eigenvalue weighted by Crippen LogP contribution is -2.55. The molecule has 13 heavy (non-hydrogen) atoms. The second-order valence-electron chi connectivity index (χ2n) is 2.49. The second-order valence-corrected chi connectivity index (χ2v) is 5.40. The van der Waals surface area contributed by atoms with Crippen LogP contribution in [0.5, 0.6) is 0 Å². The number of hydrogen-bond acceptors (Lipinski definition) is 4. The zero-order chi connectivity index (χ0) is 9.73. The van der Waals surface area contributed by atoms with Gasteiger partial charge in [-0.2, -0.15) is 4.57 Å². The first kappa shape index (κ1) is 10.4. The molecule has 0 fully saturated rings. The van der Waals surface area contributed by atoms with E-state index in [0.29, 0.717) is 6.17 Å². The molecule has 0 aliphatic carbocycles. The molecule has 0 aromatic carbocycles. The minimum Gasteiger partial charge on any atom is -0.412 e. The van der Waals surface area contributed by atoms with Crippen LogP contribution in [0.25, 0.3) is 0 Å². The average molecular weight is 204 g/mol. The normalized spacial score (nSPS) is 11.9. The summed E-state index contributed by atoms with van der Waals surface area (Å²) in [7, 11) is 2.23. The van der Waals surface area contributed by atoms with Gasteiger partial charge < -0.3 is 17.7 Å². The predicted octanol–water partition coefficient (Wildman–Crippen LogP) is -0.0156. The van der Waals surface area contributed by atoms with Crippen LogP contribution in [0.15, 0.2) is 23.3 Å². The van der Waals surface area contributed by atoms with Crippen LogP contribution < -0.4 is 4.57 Å². The molecule has 0 bridgehead atoms. The molecular formula is C7H14NO4Si+.